The summed E-state index contributed by atoms with van der Waals surface area (Å²) in [6, 6.07) is 0. The quantitative estimate of drug-likeness (QED) is 0.562. The maximum atomic E-state index is 13.1. The van der Waals surface area contributed by atoms with Crippen LogP contribution in [0.5, 0.6) is 0 Å². The maximum Gasteiger partial charge on any atom is 0.0988 e. The van der Waals surface area contributed by atoms with E-state index in [-0.39, 0.29) is 5.83 Å². The molecular formula is C10H19F. The molecule has 0 fully saturated rings. The summed E-state index contributed by atoms with van der Waals surface area (Å²) in [6.07, 6.45) is 4.56. The first-order valence-electron chi connectivity index (χ1n) is 4.62. The van der Waals surface area contributed by atoms with Crippen LogP contribution in [0, 0.1) is 0 Å². The van der Waals surface area contributed by atoms with E-state index in [1.807, 2.05) is 6.92 Å². The summed E-state index contributed by atoms with van der Waals surface area (Å²) in [5.74, 6) is 0.119. The van der Waals surface area contributed by atoms with Crippen molar-refractivity contribution in [2.24, 2.45) is 0 Å². The van der Waals surface area contributed by atoms with E-state index in [0.29, 0.717) is 6.42 Å². The molecule has 0 aromatic rings. The van der Waals surface area contributed by atoms with Gasteiger partial charge in [0.05, 0.1) is 5.83 Å². The maximum absolute atomic E-state index is 13.1. The molecule has 0 aromatic carbocycles. The number of rotatable bonds is 5. The zero-order valence-electron chi connectivity index (χ0n) is 7.91. The molecule has 11 heavy (non-hydrogen) atoms. The molecule has 0 rings (SSSR count). The summed E-state index contributed by atoms with van der Waals surface area (Å²) >= 11 is 0. The van der Waals surface area contributed by atoms with Crippen LogP contribution in [0.1, 0.15) is 52.9 Å². The Labute approximate surface area is 69.5 Å². The molecule has 0 radical (unpaired) electrons. The topological polar surface area (TPSA) is 0 Å². The smallest absolute Gasteiger partial charge is 0.0988 e. The van der Waals surface area contributed by atoms with E-state index in [0.717, 1.165) is 31.3 Å². The van der Waals surface area contributed by atoms with Crippen LogP contribution in [-0.2, 0) is 0 Å². The SMILES string of the molecule is CCCC(CCC)=C(F)CC. The van der Waals surface area contributed by atoms with E-state index in [9.17, 15) is 4.39 Å². The van der Waals surface area contributed by atoms with Gasteiger partial charge in [-0.25, -0.2) is 4.39 Å². The first-order valence-corrected chi connectivity index (χ1v) is 4.62. The summed E-state index contributed by atoms with van der Waals surface area (Å²) in [7, 11) is 0. The predicted octanol–water partition coefficient (Wildman–Crippen LogP) is 4.22. The lowest BCUT2D eigenvalue weighted by Crippen LogP contribution is -1.87. The van der Waals surface area contributed by atoms with Crippen molar-refractivity contribution in [3.05, 3.63) is 11.4 Å². The Morgan fingerprint density at radius 2 is 1.45 bits per heavy atom. The van der Waals surface area contributed by atoms with Crippen molar-refractivity contribution in [2.45, 2.75) is 52.9 Å². The Hall–Kier alpha value is -0.330. The number of halogens is 1. The molecular weight excluding hydrogens is 139 g/mol. The van der Waals surface area contributed by atoms with E-state index < -0.39 is 0 Å². The minimum absolute atomic E-state index is 0.119. The lowest BCUT2D eigenvalue weighted by Gasteiger charge is -2.05. The molecule has 0 saturated heterocycles. The van der Waals surface area contributed by atoms with Gasteiger partial charge in [-0.15, -0.1) is 0 Å². The average molecular weight is 158 g/mol. The van der Waals surface area contributed by atoms with Gasteiger partial charge in [0, 0.05) is 0 Å². The molecule has 0 nitrogen and oxygen atoms in total. The van der Waals surface area contributed by atoms with Crippen LogP contribution in [0.4, 0.5) is 4.39 Å². The summed E-state index contributed by atoms with van der Waals surface area (Å²) in [4.78, 5) is 0. The molecule has 0 heterocycles. The fourth-order valence-corrected chi connectivity index (χ4v) is 1.25. The molecule has 0 aliphatic carbocycles. The highest BCUT2D eigenvalue weighted by atomic mass is 19.1. The minimum Gasteiger partial charge on any atom is -0.212 e. The van der Waals surface area contributed by atoms with Gasteiger partial charge in [0.15, 0.2) is 0 Å². The summed E-state index contributed by atoms with van der Waals surface area (Å²) < 4.78 is 13.1. The Bertz CT molecular complexity index is 117. The number of allylic oxidation sites excluding steroid dienone is 2. The Morgan fingerprint density at radius 3 is 1.73 bits per heavy atom. The lowest BCUT2D eigenvalue weighted by atomic mass is 10.0. The van der Waals surface area contributed by atoms with E-state index >= 15 is 0 Å². The molecule has 0 bridgehead atoms. The molecule has 1 heteroatoms. The Balaban J connectivity index is 4.05. The molecule has 0 unspecified atom stereocenters. The largest absolute Gasteiger partial charge is 0.212 e. The molecule has 0 aromatic heterocycles. The highest BCUT2D eigenvalue weighted by Gasteiger charge is 2.01. The van der Waals surface area contributed by atoms with Gasteiger partial charge in [-0.3, -0.25) is 0 Å². The van der Waals surface area contributed by atoms with Gasteiger partial charge in [-0.1, -0.05) is 33.6 Å². The highest BCUT2D eigenvalue weighted by Crippen LogP contribution is 2.19. The third kappa shape index (κ3) is 4.18. The summed E-state index contributed by atoms with van der Waals surface area (Å²) in [5.41, 5.74) is 1.04. The molecule has 0 saturated carbocycles. The second-order valence-corrected chi connectivity index (χ2v) is 2.86. The predicted molar refractivity (Wildman–Crippen MR) is 48.2 cm³/mol. The zero-order valence-corrected chi connectivity index (χ0v) is 7.91. The molecule has 0 spiro atoms. The standard InChI is InChI=1S/C10H19F/c1-4-7-9(8-5-2)10(11)6-3/h4-8H2,1-3H3. The first-order chi connectivity index (χ1) is 5.26. The summed E-state index contributed by atoms with van der Waals surface area (Å²) in [5, 5.41) is 0. The van der Waals surface area contributed by atoms with E-state index in [4.69, 9.17) is 0 Å². The van der Waals surface area contributed by atoms with Crippen LogP contribution in [0.3, 0.4) is 0 Å². The van der Waals surface area contributed by atoms with Crippen LogP contribution >= 0.6 is 0 Å². The van der Waals surface area contributed by atoms with Crippen molar-refractivity contribution in [1.29, 1.82) is 0 Å². The van der Waals surface area contributed by atoms with Gasteiger partial charge in [-0.2, -0.15) is 0 Å². The number of hydrogen-bond acceptors (Lipinski definition) is 0. The van der Waals surface area contributed by atoms with Gasteiger partial charge in [0.2, 0.25) is 0 Å². The molecule has 66 valence electrons. The third-order valence-corrected chi connectivity index (χ3v) is 1.80. The van der Waals surface area contributed by atoms with Crippen LogP contribution < -0.4 is 0 Å². The van der Waals surface area contributed by atoms with Crippen molar-refractivity contribution >= 4 is 0 Å². The van der Waals surface area contributed by atoms with Gasteiger partial charge in [-0.05, 0) is 24.8 Å². The summed E-state index contributed by atoms with van der Waals surface area (Å²) in [6.45, 7) is 6.07. The van der Waals surface area contributed by atoms with E-state index in [1.54, 1.807) is 0 Å². The van der Waals surface area contributed by atoms with Crippen LogP contribution in [0.15, 0.2) is 11.4 Å². The third-order valence-electron chi connectivity index (χ3n) is 1.80. The second-order valence-electron chi connectivity index (χ2n) is 2.86. The van der Waals surface area contributed by atoms with Gasteiger partial charge < -0.3 is 0 Å². The highest BCUT2D eigenvalue weighted by molar-refractivity contribution is 5.07. The Kier molecular flexibility index (Phi) is 6.19. The van der Waals surface area contributed by atoms with Crippen LogP contribution in [-0.4, -0.2) is 0 Å². The van der Waals surface area contributed by atoms with Gasteiger partial charge in [0.1, 0.15) is 0 Å². The minimum atomic E-state index is 0.119. The molecule has 0 N–H and O–H groups in total. The zero-order chi connectivity index (χ0) is 8.69. The van der Waals surface area contributed by atoms with Crippen LogP contribution in [0.2, 0.25) is 0 Å². The lowest BCUT2D eigenvalue weighted by molar-refractivity contribution is 0.570. The fraction of sp³-hybridized carbons (Fsp3) is 0.800. The monoisotopic (exact) mass is 158 g/mol. The normalized spacial score (nSPS) is 9.82. The Morgan fingerprint density at radius 1 is 1.00 bits per heavy atom. The van der Waals surface area contributed by atoms with Gasteiger partial charge >= 0.3 is 0 Å². The fourth-order valence-electron chi connectivity index (χ4n) is 1.25. The average Bonchev–Trinajstić information content (AvgIpc) is 2.03. The molecule has 0 aliphatic rings. The van der Waals surface area contributed by atoms with Gasteiger partial charge in [0.25, 0.3) is 0 Å². The van der Waals surface area contributed by atoms with Crippen molar-refractivity contribution in [1.82, 2.24) is 0 Å². The molecule has 0 aliphatic heterocycles. The van der Waals surface area contributed by atoms with E-state index in [1.165, 1.54) is 0 Å². The van der Waals surface area contributed by atoms with Crippen molar-refractivity contribution in [3.63, 3.8) is 0 Å². The van der Waals surface area contributed by atoms with Crippen LogP contribution in [0.25, 0.3) is 0 Å². The molecule has 0 amide bonds. The number of hydrogen-bond donors (Lipinski definition) is 0. The second kappa shape index (κ2) is 6.38. The van der Waals surface area contributed by atoms with Crippen molar-refractivity contribution in [2.75, 3.05) is 0 Å². The van der Waals surface area contributed by atoms with Crippen molar-refractivity contribution < 1.29 is 4.39 Å². The molecule has 0 atom stereocenters. The first kappa shape index (κ1) is 10.7. The van der Waals surface area contributed by atoms with Crippen molar-refractivity contribution in [3.8, 4) is 0 Å². The van der Waals surface area contributed by atoms with E-state index in [2.05, 4.69) is 13.8 Å².